The molecule has 0 heterocycles. The third kappa shape index (κ3) is 5.57. The average Bonchev–Trinajstić information content (AvgIpc) is 3.21. The van der Waals surface area contributed by atoms with Crippen LogP contribution in [-0.4, -0.2) is 5.11 Å². The number of phenolic OH excluding ortho intramolecular Hbond substituents is 1. The van der Waals surface area contributed by atoms with Gasteiger partial charge in [0.1, 0.15) is 5.75 Å². The largest absolute Gasteiger partial charge is 2.00 e. The molecule has 0 radical (unpaired) electrons. The summed E-state index contributed by atoms with van der Waals surface area (Å²) in [7, 11) is 0. The molecule has 1 aliphatic rings. The van der Waals surface area contributed by atoms with Gasteiger partial charge in [0.05, 0.1) is 0 Å². The number of aromatic hydroxyl groups is 1. The van der Waals surface area contributed by atoms with Crippen LogP contribution in [0.3, 0.4) is 0 Å². The molecule has 0 atom stereocenters. The molecule has 0 saturated heterocycles. The summed E-state index contributed by atoms with van der Waals surface area (Å²) >= 11 is 0. The van der Waals surface area contributed by atoms with Crippen LogP contribution in [0.2, 0.25) is 0 Å². The van der Waals surface area contributed by atoms with E-state index in [-0.39, 0.29) is 28.6 Å². The summed E-state index contributed by atoms with van der Waals surface area (Å²) in [4.78, 5) is 0. The van der Waals surface area contributed by atoms with Crippen LogP contribution in [0, 0.1) is 0 Å². The van der Waals surface area contributed by atoms with Crippen molar-refractivity contribution in [3.8, 4) is 5.75 Å². The molecular weight excluding hydrogens is 316 g/mol. The molecule has 3 rings (SSSR count). The molecular formula is C19H16FeO2. The molecule has 1 N–H and O–H groups in total. The van der Waals surface area contributed by atoms with Gasteiger partial charge in [0, 0.05) is 5.56 Å². The van der Waals surface area contributed by atoms with Crippen molar-refractivity contribution in [2.75, 3.05) is 0 Å². The normalized spacial score (nSPS) is 12.4. The summed E-state index contributed by atoms with van der Waals surface area (Å²) in [5.74, 6) is -0.182. The van der Waals surface area contributed by atoms with Crippen LogP contribution in [-0.2, 0) is 17.1 Å². The Labute approximate surface area is 141 Å². The number of hydrogen-bond acceptors (Lipinski definition) is 2. The number of rotatable bonds is 2. The Bertz CT molecular complexity index is 646. The van der Waals surface area contributed by atoms with Gasteiger partial charge < -0.3 is 10.2 Å². The number of phenols is 1. The Morgan fingerprint density at radius 1 is 1.00 bits per heavy atom. The van der Waals surface area contributed by atoms with E-state index in [0.717, 1.165) is 5.57 Å². The molecule has 0 fully saturated rings. The van der Waals surface area contributed by atoms with Gasteiger partial charge in [0.2, 0.25) is 0 Å². The van der Waals surface area contributed by atoms with Crippen molar-refractivity contribution in [1.29, 1.82) is 0 Å². The maximum atomic E-state index is 11.7. The van der Waals surface area contributed by atoms with Crippen LogP contribution in [0.4, 0.5) is 0 Å². The Balaban J connectivity index is 0.000000344. The Hall–Kier alpha value is -2.35. The van der Waals surface area contributed by atoms with E-state index >= 15 is 0 Å². The van der Waals surface area contributed by atoms with Crippen molar-refractivity contribution in [3.05, 3.63) is 102 Å². The fourth-order valence-electron chi connectivity index (χ4n) is 1.76. The third-order valence-corrected chi connectivity index (χ3v) is 2.84. The minimum atomic E-state index is -0.195. The minimum absolute atomic E-state index is 0. The zero-order valence-electron chi connectivity index (χ0n) is 11.9. The van der Waals surface area contributed by atoms with Crippen molar-refractivity contribution in [2.45, 2.75) is 0 Å². The summed E-state index contributed by atoms with van der Waals surface area (Å²) in [5, 5.41) is 21.2. The van der Waals surface area contributed by atoms with Crippen molar-refractivity contribution in [3.63, 3.8) is 0 Å². The van der Waals surface area contributed by atoms with Crippen LogP contribution in [0.25, 0.3) is 5.76 Å². The molecule has 2 aromatic rings. The fourth-order valence-corrected chi connectivity index (χ4v) is 1.76. The van der Waals surface area contributed by atoms with Crippen molar-refractivity contribution in [2.24, 2.45) is 0 Å². The number of benzene rings is 1. The molecule has 0 saturated carbocycles. The van der Waals surface area contributed by atoms with Crippen LogP contribution >= 0.6 is 0 Å². The topological polar surface area (TPSA) is 43.3 Å². The van der Waals surface area contributed by atoms with Gasteiger partial charge in [0.25, 0.3) is 0 Å². The average molecular weight is 332 g/mol. The van der Waals surface area contributed by atoms with E-state index in [2.05, 4.69) is 0 Å². The van der Waals surface area contributed by atoms with E-state index < -0.39 is 0 Å². The SMILES string of the molecule is [Fe+2].[O-]C(=CC=C1C=CC=C1)c1ccccc1O.c1cc[cH-]c1. The summed E-state index contributed by atoms with van der Waals surface area (Å²) < 4.78 is 0. The second kappa shape index (κ2) is 9.56. The van der Waals surface area contributed by atoms with Crippen LogP contribution in [0.5, 0.6) is 5.75 Å². The molecule has 3 heteroatoms. The Morgan fingerprint density at radius 3 is 2.18 bits per heavy atom. The molecule has 0 aliphatic heterocycles. The molecule has 0 spiro atoms. The van der Waals surface area contributed by atoms with Gasteiger partial charge in [-0.2, -0.15) is 18.2 Å². The van der Waals surface area contributed by atoms with E-state index in [4.69, 9.17) is 0 Å². The molecule has 2 aromatic carbocycles. The first-order valence-corrected chi connectivity index (χ1v) is 6.66. The first-order valence-electron chi connectivity index (χ1n) is 6.66. The van der Waals surface area contributed by atoms with E-state index in [1.165, 1.54) is 12.1 Å². The van der Waals surface area contributed by atoms with Gasteiger partial charge in [-0.1, -0.05) is 60.4 Å². The van der Waals surface area contributed by atoms with E-state index in [1.807, 2.05) is 54.6 Å². The van der Waals surface area contributed by atoms with Crippen molar-refractivity contribution >= 4 is 5.76 Å². The smallest absolute Gasteiger partial charge is 0.872 e. The predicted octanol–water partition coefficient (Wildman–Crippen LogP) is 3.55. The second-order valence-corrected chi connectivity index (χ2v) is 4.40. The first-order chi connectivity index (χ1) is 10.3. The Morgan fingerprint density at radius 2 is 1.64 bits per heavy atom. The molecule has 22 heavy (non-hydrogen) atoms. The molecule has 0 bridgehead atoms. The molecule has 2 nitrogen and oxygen atoms in total. The van der Waals surface area contributed by atoms with Gasteiger partial charge in [0.15, 0.2) is 0 Å². The quantitative estimate of drug-likeness (QED) is 0.519. The molecule has 0 unspecified atom stereocenters. The molecule has 1 aliphatic carbocycles. The number of para-hydroxylation sites is 1. The Kier molecular flexibility index (Phi) is 7.69. The summed E-state index contributed by atoms with van der Waals surface area (Å²) in [6.45, 7) is 0. The van der Waals surface area contributed by atoms with E-state index in [1.54, 1.807) is 24.3 Å². The molecule has 0 amide bonds. The summed E-state index contributed by atoms with van der Waals surface area (Å²) in [5.41, 5.74) is 1.30. The van der Waals surface area contributed by atoms with Gasteiger partial charge in [-0.05, 0) is 11.6 Å². The second-order valence-electron chi connectivity index (χ2n) is 4.40. The van der Waals surface area contributed by atoms with Crippen LogP contribution in [0.15, 0.2) is 96.6 Å². The monoisotopic (exact) mass is 332 g/mol. The van der Waals surface area contributed by atoms with Crippen LogP contribution in [0.1, 0.15) is 5.56 Å². The maximum absolute atomic E-state index is 11.7. The number of allylic oxidation sites excluding steroid dienone is 7. The predicted molar refractivity (Wildman–Crippen MR) is 84.5 cm³/mol. The first kappa shape index (κ1) is 17.7. The van der Waals surface area contributed by atoms with Gasteiger partial charge in [-0.3, -0.25) is 0 Å². The van der Waals surface area contributed by atoms with E-state index in [9.17, 15) is 10.2 Å². The standard InChI is InChI=1S/C14H12O2.C5H5.Fe/c15-13-8-4-3-7-12(13)14(16)10-9-11-5-1-2-6-11;1-2-4-5-3-1;/h1-10,15-16H;1-5H;/q;-1;+2/p-1. The minimum Gasteiger partial charge on any atom is -0.872 e. The maximum Gasteiger partial charge on any atom is 2.00 e. The van der Waals surface area contributed by atoms with Gasteiger partial charge >= 0.3 is 17.1 Å². The van der Waals surface area contributed by atoms with Crippen LogP contribution < -0.4 is 5.11 Å². The van der Waals surface area contributed by atoms with Gasteiger partial charge in [-0.25, -0.2) is 12.1 Å². The summed E-state index contributed by atoms with van der Waals surface area (Å²) in [6.07, 6.45) is 10.8. The van der Waals surface area contributed by atoms with Gasteiger partial charge in [-0.15, -0.1) is 0 Å². The zero-order chi connectivity index (χ0) is 14.9. The molecule has 112 valence electrons. The zero-order valence-corrected chi connectivity index (χ0v) is 13.0. The third-order valence-electron chi connectivity index (χ3n) is 2.84. The van der Waals surface area contributed by atoms with Crippen molar-refractivity contribution in [1.82, 2.24) is 0 Å². The van der Waals surface area contributed by atoms with E-state index in [0.29, 0.717) is 5.56 Å². The summed E-state index contributed by atoms with van der Waals surface area (Å²) in [6, 6.07) is 16.5. The number of hydrogen-bond donors (Lipinski definition) is 1. The van der Waals surface area contributed by atoms with Crippen molar-refractivity contribution < 1.29 is 27.3 Å². The molecule has 0 aromatic heterocycles. The fraction of sp³-hybridized carbons (Fsp3) is 0.